The first kappa shape index (κ1) is 12.3. The SMILES string of the molecule is CNc1cc(NC(C)c2nncn2C)nc(C)n1. The van der Waals surface area contributed by atoms with Crippen molar-refractivity contribution < 1.29 is 0 Å². The fraction of sp³-hybridized carbons (Fsp3) is 0.455. The van der Waals surface area contributed by atoms with E-state index in [1.165, 1.54) is 0 Å². The molecule has 0 aliphatic heterocycles. The van der Waals surface area contributed by atoms with Gasteiger partial charge >= 0.3 is 0 Å². The summed E-state index contributed by atoms with van der Waals surface area (Å²) in [4.78, 5) is 8.59. The van der Waals surface area contributed by atoms with Crippen molar-refractivity contribution in [2.24, 2.45) is 7.05 Å². The smallest absolute Gasteiger partial charge is 0.154 e. The second-order valence-electron chi connectivity index (χ2n) is 4.10. The lowest BCUT2D eigenvalue weighted by atomic mass is 10.3. The van der Waals surface area contributed by atoms with Crippen LogP contribution in [0.15, 0.2) is 12.4 Å². The minimum atomic E-state index is 0.0245. The summed E-state index contributed by atoms with van der Waals surface area (Å²) >= 11 is 0. The Morgan fingerprint density at radius 1 is 1.28 bits per heavy atom. The van der Waals surface area contributed by atoms with Crippen LogP contribution in [-0.4, -0.2) is 31.8 Å². The highest BCUT2D eigenvalue weighted by atomic mass is 15.3. The van der Waals surface area contributed by atoms with Crippen molar-refractivity contribution in [1.29, 1.82) is 0 Å². The van der Waals surface area contributed by atoms with Gasteiger partial charge in [-0.2, -0.15) is 0 Å². The average Bonchev–Trinajstić information content (AvgIpc) is 2.74. The monoisotopic (exact) mass is 247 g/mol. The zero-order valence-corrected chi connectivity index (χ0v) is 11.0. The third-order valence-electron chi connectivity index (χ3n) is 2.59. The molecule has 0 amide bonds. The molecule has 0 aliphatic rings. The van der Waals surface area contributed by atoms with Crippen molar-refractivity contribution in [3.05, 3.63) is 24.0 Å². The molecule has 1 unspecified atom stereocenters. The molecule has 7 heteroatoms. The Kier molecular flexibility index (Phi) is 3.40. The van der Waals surface area contributed by atoms with Crippen molar-refractivity contribution in [3.63, 3.8) is 0 Å². The molecule has 2 aromatic rings. The molecule has 0 bridgehead atoms. The highest BCUT2D eigenvalue weighted by Gasteiger charge is 2.12. The van der Waals surface area contributed by atoms with E-state index in [0.717, 1.165) is 23.3 Å². The Bertz CT molecular complexity index is 534. The van der Waals surface area contributed by atoms with Gasteiger partial charge in [0.05, 0.1) is 6.04 Å². The van der Waals surface area contributed by atoms with E-state index in [0.29, 0.717) is 0 Å². The van der Waals surface area contributed by atoms with E-state index in [1.54, 1.807) is 6.33 Å². The summed E-state index contributed by atoms with van der Waals surface area (Å²) in [5.41, 5.74) is 0. The number of rotatable bonds is 4. The second kappa shape index (κ2) is 4.99. The predicted molar refractivity (Wildman–Crippen MR) is 69.4 cm³/mol. The summed E-state index contributed by atoms with van der Waals surface area (Å²) in [6.45, 7) is 3.87. The Morgan fingerprint density at radius 3 is 2.61 bits per heavy atom. The van der Waals surface area contributed by atoms with Crippen LogP contribution in [0, 0.1) is 6.92 Å². The minimum Gasteiger partial charge on any atom is -0.373 e. The molecule has 2 heterocycles. The minimum absolute atomic E-state index is 0.0245. The topological polar surface area (TPSA) is 80.5 Å². The zero-order chi connectivity index (χ0) is 13.1. The lowest BCUT2D eigenvalue weighted by Gasteiger charge is -2.14. The highest BCUT2D eigenvalue weighted by Crippen LogP contribution is 2.17. The molecule has 0 aliphatic carbocycles. The van der Waals surface area contributed by atoms with Gasteiger partial charge in [0.2, 0.25) is 0 Å². The van der Waals surface area contributed by atoms with Crippen LogP contribution in [0.3, 0.4) is 0 Å². The molecule has 0 spiro atoms. The summed E-state index contributed by atoms with van der Waals surface area (Å²) < 4.78 is 1.88. The first-order chi connectivity index (χ1) is 8.60. The normalized spacial score (nSPS) is 12.2. The Labute approximate surface area is 106 Å². The van der Waals surface area contributed by atoms with Crippen LogP contribution < -0.4 is 10.6 Å². The van der Waals surface area contributed by atoms with Gasteiger partial charge in [-0.3, -0.25) is 0 Å². The van der Waals surface area contributed by atoms with Gasteiger partial charge in [-0.15, -0.1) is 10.2 Å². The first-order valence-corrected chi connectivity index (χ1v) is 5.74. The maximum atomic E-state index is 4.34. The van der Waals surface area contributed by atoms with Gasteiger partial charge in [0.1, 0.15) is 23.8 Å². The van der Waals surface area contributed by atoms with Gasteiger partial charge in [-0.05, 0) is 13.8 Å². The van der Waals surface area contributed by atoms with Gasteiger partial charge in [0.25, 0.3) is 0 Å². The quantitative estimate of drug-likeness (QED) is 0.843. The third kappa shape index (κ3) is 2.55. The van der Waals surface area contributed by atoms with E-state index in [9.17, 15) is 0 Å². The number of aromatic nitrogens is 5. The lowest BCUT2D eigenvalue weighted by molar-refractivity contribution is 0.715. The van der Waals surface area contributed by atoms with Crippen LogP contribution in [0.5, 0.6) is 0 Å². The fourth-order valence-corrected chi connectivity index (χ4v) is 1.74. The van der Waals surface area contributed by atoms with Gasteiger partial charge in [-0.25, -0.2) is 9.97 Å². The molecule has 7 nitrogen and oxygen atoms in total. The van der Waals surface area contributed by atoms with Gasteiger partial charge in [0.15, 0.2) is 5.82 Å². The molecule has 2 aromatic heterocycles. The predicted octanol–water partition coefficient (Wildman–Crippen LogP) is 1.13. The third-order valence-corrected chi connectivity index (χ3v) is 2.59. The molecular weight excluding hydrogens is 230 g/mol. The van der Waals surface area contributed by atoms with Crippen molar-refractivity contribution in [1.82, 2.24) is 24.7 Å². The number of nitrogens with zero attached hydrogens (tertiary/aromatic N) is 5. The number of nitrogens with one attached hydrogen (secondary N) is 2. The van der Waals surface area contributed by atoms with Crippen molar-refractivity contribution in [3.8, 4) is 0 Å². The van der Waals surface area contributed by atoms with E-state index in [1.807, 2.05) is 38.6 Å². The van der Waals surface area contributed by atoms with Gasteiger partial charge in [0, 0.05) is 20.2 Å². The summed E-state index contributed by atoms with van der Waals surface area (Å²) in [5.74, 6) is 3.13. The lowest BCUT2D eigenvalue weighted by Crippen LogP contribution is -2.13. The van der Waals surface area contributed by atoms with Gasteiger partial charge < -0.3 is 15.2 Å². The summed E-state index contributed by atoms with van der Waals surface area (Å²) in [5, 5.41) is 14.2. The van der Waals surface area contributed by atoms with E-state index < -0.39 is 0 Å². The van der Waals surface area contributed by atoms with Crippen molar-refractivity contribution in [2.45, 2.75) is 19.9 Å². The van der Waals surface area contributed by atoms with Crippen LogP contribution in [0.1, 0.15) is 24.6 Å². The summed E-state index contributed by atoms with van der Waals surface area (Å²) in [6.07, 6.45) is 1.68. The Balaban J connectivity index is 2.19. The molecular formula is C11H17N7. The largest absolute Gasteiger partial charge is 0.373 e. The van der Waals surface area contributed by atoms with Crippen LogP contribution in [0.2, 0.25) is 0 Å². The number of aryl methyl sites for hydroxylation is 2. The van der Waals surface area contributed by atoms with Gasteiger partial charge in [-0.1, -0.05) is 0 Å². The van der Waals surface area contributed by atoms with E-state index in [2.05, 4.69) is 30.8 Å². The number of hydrogen-bond acceptors (Lipinski definition) is 6. The van der Waals surface area contributed by atoms with Crippen molar-refractivity contribution in [2.75, 3.05) is 17.7 Å². The molecule has 0 aromatic carbocycles. The Morgan fingerprint density at radius 2 is 2.00 bits per heavy atom. The zero-order valence-electron chi connectivity index (χ0n) is 11.0. The molecule has 1 atom stereocenters. The van der Waals surface area contributed by atoms with Crippen LogP contribution >= 0.6 is 0 Å². The molecule has 2 N–H and O–H groups in total. The molecule has 96 valence electrons. The number of hydrogen-bond donors (Lipinski definition) is 2. The Hall–Kier alpha value is -2.18. The van der Waals surface area contributed by atoms with Crippen molar-refractivity contribution >= 4 is 11.6 Å². The van der Waals surface area contributed by atoms with Crippen LogP contribution in [-0.2, 0) is 7.05 Å². The maximum absolute atomic E-state index is 4.34. The molecule has 18 heavy (non-hydrogen) atoms. The first-order valence-electron chi connectivity index (χ1n) is 5.74. The molecule has 2 rings (SSSR count). The number of anilines is 2. The molecule has 0 fully saturated rings. The van der Waals surface area contributed by atoms with Crippen LogP contribution in [0.4, 0.5) is 11.6 Å². The average molecular weight is 247 g/mol. The standard InChI is InChI=1S/C11H17N7/c1-7(11-17-13-6-18(11)4)14-10-5-9(12-3)15-8(2)16-10/h5-7H,1-4H3,(H2,12,14,15,16). The van der Waals surface area contributed by atoms with Crippen LogP contribution in [0.25, 0.3) is 0 Å². The second-order valence-corrected chi connectivity index (χ2v) is 4.10. The maximum Gasteiger partial charge on any atom is 0.154 e. The van der Waals surface area contributed by atoms with E-state index in [4.69, 9.17) is 0 Å². The highest BCUT2D eigenvalue weighted by molar-refractivity contribution is 5.47. The molecule has 0 saturated carbocycles. The molecule has 0 radical (unpaired) electrons. The summed E-state index contributed by atoms with van der Waals surface area (Å²) in [7, 11) is 3.75. The van der Waals surface area contributed by atoms with E-state index >= 15 is 0 Å². The molecule has 0 saturated heterocycles. The summed E-state index contributed by atoms with van der Waals surface area (Å²) in [6, 6.07) is 1.89. The fourth-order valence-electron chi connectivity index (χ4n) is 1.74. The van der Waals surface area contributed by atoms with E-state index in [-0.39, 0.29) is 6.04 Å².